The third-order valence-electron chi connectivity index (χ3n) is 5.03. The zero-order valence-corrected chi connectivity index (χ0v) is 19.3. The molecule has 0 saturated heterocycles. The van der Waals surface area contributed by atoms with E-state index in [2.05, 4.69) is 68.3 Å². The molecule has 4 aromatic carbocycles. The van der Waals surface area contributed by atoms with Crippen LogP contribution in [-0.2, 0) is 18.0 Å². The molecule has 4 rings (SSSR count). The summed E-state index contributed by atoms with van der Waals surface area (Å²) < 4.78 is 19.5. The van der Waals surface area contributed by atoms with Gasteiger partial charge in [-0.3, -0.25) is 0 Å². The molecule has 0 aromatic heterocycles. The Morgan fingerprint density at radius 3 is 1.48 bits per heavy atom. The molecule has 0 saturated carbocycles. The van der Waals surface area contributed by atoms with Crippen molar-refractivity contribution >= 4 is 53.4 Å². The molecule has 0 aliphatic rings. The van der Waals surface area contributed by atoms with Crippen molar-refractivity contribution in [3.8, 4) is 11.5 Å². The van der Waals surface area contributed by atoms with Crippen LogP contribution in [0.1, 0.15) is 11.1 Å². The Bertz CT molecular complexity index is 1090. The lowest BCUT2D eigenvalue weighted by atomic mass is 10.0. The van der Waals surface area contributed by atoms with Crippen molar-refractivity contribution in [1.82, 2.24) is 0 Å². The molecule has 0 spiro atoms. The van der Waals surface area contributed by atoms with Crippen molar-refractivity contribution in [2.75, 3.05) is 14.2 Å². The number of benzene rings is 4. The largest absolute Gasteiger partial charge is 0.496 e. The fourth-order valence-corrected chi connectivity index (χ4v) is 4.38. The summed E-state index contributed by atoms with van der Waals surface area (Å²) >= 11 is 7.08. The van der Waals surface area contributed by atoms with E-state index in [9.17, 15) is 0 Å². The molecule has 0 heterocycles. The topological polar surface area (TPSA) is 27.7 Å². The number of fused-ring (bicyclic) bond motifs is 2. The van der Waals surface area contributed by atoms with Gasteiger partial charge in [0.15, 0.2) is 0 Å². The molecule has 4 aromatic rings. The Morgan fingerprint density at radius 2 is 1.07 bits per heavy atom. The highest BCUT2D eigenvalue weighted by atomic mass is 79.9. The summed E-state index contributed by atoms with van der Waals surface area (Å²) in [7, 11) is 3.38. The first kappa shape index (κ1) is 20.2. The predicted octanol–water partition coefficient (Wildman–Crippen LogP) is 7.25. The van der Waals surface area contributed by atoms with Gasteiger partial charge in [0.05, 0.1) is 27.4 Å². The van der Waals surface area contributed by atoms with Gasteiger partial charge in [0.1, 0.15) is 11.5 Å². The van der Waals surface area contributed by atoms with Gasteiger partial charge in [-0.05, 0) is 57.9 Å². The van der Waals surface area contributed by atoms with Crippen LogP contribution in [-0.4, -0.2) is 14.2 Å². The standard InChI is InChI=1S/C24H20Br2O3/c1-27-23-9-3-15-11-17(25)5-7-19(15)21(23)13-29-14-22-20-8-6-18(26)12-16(20)4-10-24(22)28-2/h3-12H,13-14H2,1-2H3. The third kappa shape index (κ3) is 4.13. The molecule has 0 unspecified atom stereocenters. The highest BCUT2D eigenvalue weighted by Gasteiger charge is 2.12. The summed E-state index contributed by atoms with van der Waals surface area (Å²) in [6, 6.07) is 20.6. The van der Waals surface area contributed by atoms with Gasteiger partial charge in [-0.2, -0.15) is 0 Å². The quantitative estimate of drug-likeness (QED) is 0.270. The van der Waals surface area contributed by atoms with Gasteiger partial charge in [0, 0.05) is 20.1 Å². The summed E-state index contributed by atoms with van der Waals surface area (Å²) in [5.41, 5.74) is 2.08. The van der Waals surface area contributed by atoms with Gasteiger partial charge in [0.25, 0.3) is 0 Å². The van der Waals surface area contributed by atoms with E-state index < -0.39 is 0 Å². The van der Waals surface area contributed by atoms with Crippen LogP contribution in [0.25, 0.3) is 21.5 Å². The van der Waals surface area contributed by atoms with E-state index in [0.717, 1.165) is 53.1 Å². The smallest absolute Gasteiger partial charge is 0.125 e. The minimum absolute atomic E-state index is 0.443. The summed E-state index contributed by atoms with van der Waals surface area (Å²) in [5, 5.41) is 4.54. The van der Waals surface area contributed by atoms with E-state index in [1.807, 2.05) is 24.3 Å². The maximum Gasteiger partial charge on any atom is 0.125 e. The lowest BCUT2D eigenvalue weighted by molar-refractivity contribution is 0.105. The molecule has 0 aliphatic carbocycles. The summed E-state index contributed by atoms with van der Waals surface area (Å²) in [5.74, 6) is 1.65. The maximum atomic E-state index is 6.18. The van der Waals surface area contributed by atoms with Crippen LogP contribution in [0.2, 0.25) is 0 Å². The molecule has 0 atom stereocenters. The minimum atomic E-state index is 0.443. The molecule has 3 nitrogen and oxygen atoms in total. The maximum absolute atomic E-state index is 6.18. The molecule has 0 aliphatic heterocycles. The Balaban J connectivity index is 1.66. The fraction of sp³-hybridized carbons (Fsp3) is 0.167. The Labute approximate surface area is 186 Å². The first-order valence-corrected chi connectivity index (χ1v) is 10.8. The van der Waals surface area contributed by atoms with E-state index in [-0.39, 0.29) is 0 Å². The fourth-order valence-electron chi connectivity index (χ4n) is 3.63. The van der Waals surface area contributed by atoms with Crippen LogP contribution in [0.5, 0.6) is 11.5 Å². The average molecular weight is 516 g/mol. The molecule has 0 amide bonds. The summed E-state index contributed by atoms with van der Waals surface area (Å²) in [6.45, 7) is 0.885. The number of methoxy groups -OCH3 is 2. The molecule has 0 radical (unpaired) electrons. The van der Waals surface area contributed by atoms with Crippen molar-refractivity contribution in [3.05, 3.63) is 80.7 Å². The zero-order valence-electron chi connectivity index (χ0n) is 16.2. The van der Waals surface area contributed by atoms with Crippen molar-refractivity contribution in [3.63, 3.8) is 0 Å². The Kier molecular flexibility index (Phi) is 6.09. The van der Waals surface area contributed by atoms with Gasteiger partial charge >= 0.3 is 0 Å². The first-order valence-electron chi connectivity index (χ1n) is 9.18. The van der Waals surface area contributed by atoms with Gasteiger partial charge in [-0.15, -0.1) is 0 Å². The number of halogens is 2. The van der Waals surface area contributed by atoms with Gasteiger partial charge < -0.3 is 14.2 Å². The van der Waals surface area contributed by atoms with E-state index in [4.69, 9.17) is 14.2 Å². The van der Waals surface area contributed by atoms with Crippen molar-refractivity contribution < 1.29 is 14.2 Å². The number of hydrogen-bond acceptors (Lipinski definition) is 3. The second kappa shape index (κ2) is 8.74. The molecule has 29 heavy (non-hydrogen) atoms. The Hall–Kier alpha value is -2.08. The van der Waals surface area contributed by atoms with E-state index in [1.165, 1.54) is 0 Å². The van der Waals surface area contributed by atoms with Crippen LogP contribution < -0.4 is 9.47 Å². The lowest BCUT2D eigenvalue weighted by Gasteiger charge is -2.15. The van der Waals surface area contributed by atoms with Crippen LogP contribution in [0.3, 0.4) is 0 Å². The summed E-state index contributed by atoms with van der Waals surface area (Å²) in [4.78, 5) is 0. The summed E-state index contributed by atoms with van der Waals surface area (Å²) in [6.07, 6.45) is 0. The van der Waals surface area contributed by atoms with Crippen LogP contribution in [0.15, 0.2) is 69.6 Å². The predicted molar refractivity (Wildman–Crippen MR) is 125 cm³/mol. The highest BCUT2D eigenvalue weighted by Crippen LogP contribution is 2.33. The lowest BCUT2D eigenvalue weighted by Crippen LogP contribution is -2.01. The Morgan fingerprint density at radius 1 is 0.621 bits per heavy atom. The van der Waals surface area contributed by atoms with Crippen LogP contribution in [0.4, 0.5) is 0 Å². The molecule has 148 valence electrons. The molecule has 5 heteroatoms. The SMILES string of the molecule is COc1ccc2cc(Br)ccc2c1COCc1c(OC)ccc2cc(Br)ccc12. The zero-order chi connectivity index (χ0) is 20.4. The molecule has 0 bridgehead atoms. The normalized spacial score (nSPS) is 11.2. The van der Waals surface area contributed by atoms with Crippen molar-refractivity contribution in [2.45, 2.75) is 13.2 Å². The number of hydrogen-bond donors (Lipinski definition) is 0. The second-order valence-corrected chi connectivity index (χ2v) is 8.55. The van der Waals surface area contributed by atoms with Crippen molar-refractivity contribution in [2.24, 2.45) is 0 Å². The average Bonchev–Trinajstić information content (AvgIpc) is 2.73. The molecular formula is C24H20Br2O3. The van der Waals surface area contributed by atoms with E-state index in [1.54, 1.807) is 14.2 Å². The monoisotopic (exact) mass is 514 g/mol. The first-order chi connectivity index (χ1) is 14.1. The number of rotatable bonds is 6. The van der Waals surface area contributed by atoms with Gasteiger partial charge in [-0.1, -0.05) is 56.1 Å². The van der Waals surface area contributed by atoms with E-state index >= 15 is 0 Å². The number of ether oxygens (including phenoxy) is 3. The molecule has 0 fully saturated rings. The van der Waals surface area contributed by atoms with Gasteiger partial charge in [-0.25, -0.2) is 0 Å². The van der Waals surface area contributed by atoms with E-state index in [0.29, 0.717) is 13.2 Å². The van der Waals surface area contributed by atoms with Crippen LogP contribution in [0, 0.1) is 0 Å². The van der Waals surface area contributed by atoms with Crippen LogP contribution >= 0.6 is 31.9 Å². The molecule has 0 N–H and O–H groups in total. The van der Waals surface area contributed by atoms with Crippen molar-refractivity contribution in [1.29, 1.82) is 0 Å². The highest BCUT2D eigenvalue weighted by molar-refractivity contribution is 9.10. The second-order valence-electron chi connectivity index (χ2n) is 6.72. The third-order valence-corrected chi connectivity index (χ3v) is 6.02. The minimum Gasteiger partial charge on any atom is -0.496 e. The molecular weight excluding hydrogens is 496 g/mol. The van der Waals surface area contributed by atoms with Gasteiger partial charge in [0.2, 0.25) is 0 Å².